The lowest BCUT2D eigenvalue weighted by atomic mass is 10.2. The third-order valence-corrected chi connectivity index (χ3v) is 3.72. The Hall–Kier alpha value is -1.60. The van der Waals surface area contributed by atoms with Crippen LogP contribution in [0.1, 0.15) is 0 Å². The van der Waals surface area contributed by atoms with Crippen molar-refractivity contribution in [3.63, 3.8) is 0 Å². The first-order chi connectivity index (χ1) is 9.45. The lowest BCUT2D eigenvalue weighted by Crippen LogP contribution is -1.96. The van der Waals surface area contributed by atoms with Crippen LogP contribution < -0.4 is 0 Å². The van der Waals surface area contributed by atoms with E-state index < -0.39 is 17.5 Å². The molecule has 7 heteroatoms. The summed E-state index contributed by atoms with van der Waals surface area (Å²) >= 11 is 8.20. The summed E-state index contributed by atoms with van der Waals surface area (Å²) in [7, 11) is 0. The highest BCUT2D eigenvalue weighted by Crippen LogP contribution is 2.26. The summed E-state index contributed by atoms with van der Waals surface area (Å²) in [5.74, 6) is -1.94. The number of benzene rings is 2. The van der Waals surface area contributed by atoms with Crippen molar-refractivity contribution in [1.29, 1.82) is 0 Å². The molecule has 1 heterocycles. The minimum Gasteiger partial charge on any atom is -0.330 e. The summed E-state index contributed by atoms with van der Waals surface area (Å²) in [6.45, 7) is 0. The van der Waals surface area contributed by atoms with Crippen LogP contribution in [-0.2, 0) is 0 Å². The molecule has 2 nitrogen and oxygen atoms in total. The number of halogens is 4. The number of nitrogens with zero attached hydrogens (tertiary/aromatic N) is 1. The zero-order valence-electron chi connectivity index (χ0n) is 9.75. The Balaban J connectivity index is 2.38. The third kappa shape index (κ3) is 2.16. The van der Waals surface area contributed by atoms with E-state index in [2.05, 4.69) is 20.9 Å². The monoisotopic (exact) mass is 358 g/mol. The molecule has 3 rings (SSSR count). The fourth-order valence-corrected chi connectivity index (χ4v) is 2.68. The number of hydrogen-bond donors (Lipinski definition) is 1. The molecule has 1 aromatic heterocycles. The normalized spacial score (nSPS) is 11.2. The van der Waals surface area contributed by atoms with Crippen LogP contribution in [0.3, 0.4) is 0 Å². The lowest BCUT2D eigenvalue weighted by Gasteiger charge is -2.05. The molecule has 1 N–H and O–H groups in total. The van der Waals surface area contributed by atoms with E-state index in [1.54, 1.807) is 0 Å². The van der Waals surface area contributed by atoms with Gasteiger partial charge in [-0.15, -0.1) is 0 Å². The molecule has 0 spiro atoms. The van der Waals surface area contributed by atoms with E-state index in [4.69, 9.17) is 12.2 Å². The molecule has 3 aromatic rings. The molecule has 0 atom stereocenters. The Morgan fingerprint density at radius 2 is 1.65 bits per heavy atom. The average Bonchev–Trinajstić information content (AvgIpc) is 2.64. The van der Waals surface area contributed by atoms with E-state index in [9.17, 15) is 13.2 Å². The van der Waals surface area contributed by atoms with E-state index in [-0.39, 0.29) is 14.9 Å². The highest BCUT2D eigenvalue weighted by molar-refractivity contribution is 9.10. The average molecular weight is 359 g/mol. The Morgan fingerprint density at radius 1 is 1.00 bits per heavy atom. The second-order valence-electron chi connectivity index (χ2n) is 4.18. The molecule has 0 saturated heterocycles. The van der Waals surface area contributed by atoms with Gasteiger partial charge in [0, 0.05) is 12.1 Å². The van der Waals surface area contributed by atoms with Crippen molar-refractivity contribution in [3.05, 3.63) is 57.0 Å². The first kappa shape index (κ1) is 13.4. The van der Waals surface area contributed by atoms with Crippen molar-refractivity contribution in [3.8, 4) is 5.69 Å². The Kier molecular flexibility index (Phi) is 3.18. The van der Waals surface area contributed by atoms with Gasteiger partial charge in [-0.25, -0.2) is 13.2 Å². The van der Waals surface area contributed by atoms with Crippen molar-refractivity contribution in [2.45, 2.75) is 0 Å². The topological polar surface area (TPSA) is 20.7 Å². The van der Waals surface area contributed by atoms with E-state index in [0.717, 1.165) is 18.2 Å². The smallest absolute Gasteiger partial charge is 0.182 e. The zero-order chi connectivity index (χ0) is 14.4. The van der Waals surface area contributed by atoms with Crippen LogP contribution in [0.25, 0.3) is 16.7 Å². The Labute approximate surface area is 125 Å². The number of H-pyrrole nitrogens is 1. The molecule has 0 aliphatic rings. The molecule has 0 aliphatic carbocycles. The largest absolute Gasteiger partial charge is 0.330 e. The molecule has 0 radical (unpaired) electrons. The van der Waals surface area contributed by atoms with E-state index >= 15 is 0 Å². The molecule has 0 fully saturated rings. The predicted octanol–water partition coefficient (Wildman–Crippen LogP) is 4.87. The number of aromatic nitrogens is 2. The van der Waals surface area contributed by atoms with Gasteiger partial charge in [0.2, 0.25) is 0 Å². The van der Waals surface area contributed by atoms with Gasteiger partial charge in [-0.2, -0.15) is 0 Å². The van der Waals surface area contributed by atoms with Crippen molar-refractivity contribution >= 4 is 39.2 Å². The van der Waals surface area contributed by atoms with Gasteiger partial charge in [-0.05, 0) is 46.3 Å². The second kappa shape index (κ2) is 4.75. The molecule has 20 heavy (non-hydrogen) atoms. The van der Waals surface area contributed by atoms with Crippen molar-refractivity contribution in [2.24, 2.45) is 0 Å². The highest BCUT2D eigenvalue weighted by atomic mass is 79.9. The maximum Gasteiger partial charge on any atom is 0.182 e. The van der Waals surface area contributed by atoms with Gasteiger partial charge >= 0.3 is 0 Å². The first-order valence-electron chi connectivity index (χ1n) is 5.52. The molecule has 102 valence electrons. The van der Waals surface area contributed by atoms with Crippen LogP contribution in [0.2, 0.25) is 0 Å². The van der Waals surface area contributed by atoms with Gasteiger partial charge in [-0.1, -0.05) is 0 Å². The highest BCUT2D eigenvalue weighted by Gasteiger charge is 2.12. The third-order valence-electron chi connectivity index (χ3n) is 2.83. The summed E-state index contributed by atoms with van der Waals surface area (Å²) in [6.07, 6.45) is 0. The molecular formula is C13H6BrF3N2S. The van der Waals surface area contributed by atoms with E-state index in [0.29, 0.717) is 11.0 Å². The summed E-state index contributed by atoms with van der Waals surface area (Å²) in [5.41, 5.74) is 1.16. The van der Waals surface area contributed by atoms with E-state index in [1.807, 2.05) is 0 Å². The van der Waals surface area contributed by atoms with Crippen LogP contribution in [0.5, 0.6) is 0 Å². The van der Waals surface area contributed by atoms with Gasteiger partial charge in [0.15, 0.2) is 4.77 Å². The van der Waals surface area contributed by atoms with Crippen LogP contribution >= 0.6 is 28.1 Å². The minimum atomic E-state index is -0.728. The number of nitrogens with one attached hydrogen (secondary N) is 1. The number of aromatic amines is 1. The molecule has 2 aromatic carbocycles. The number of fused-ring (bicyclic) bond motifs is 1. The summed E-state index contributed by atoms with van der Waals surface area (Å²) in [5, 5.41) is 0. The molecule has 0 bridgehead atoms. The number of imidazole rings is 1. The Morgan fingerprint density at radius 3 is 2.30 bits per heavy atom. The fraction of sp³-hybridized carbons (Fsp3) is 0. The second-order valence-corrected chi connectivity index (χ2v) is 5.42. The lowest BCUT2D eigenvalue weighted by molar-refractivity contribution is 0.581. The molecule has 0 unspecified atom stereocenters. The number of hydrogen-bond acceptors (Lipinski definition) is 1. The molecule has 0 amide bonds. The van der Waals surface area contributed by atoms with Gasteiger partial charge in [0.05, 0.1) is 21.2 Å². The maximum atomic E-state index is 13.7. The van der Waals surface area contributed by atoms with Crippen LogP contribution in [0.4, 0.5) is 13.2 Å². The molecule has 0 saturated carbocycles. The van der Waals surface area contributed by atoms with Crippen molar-refractivity contribution in [2.75, 3.05) is 0 Å². The van der Waals surface area contributed by atoms with Crippen molar-refractivity contribution < 1.29 is 13.2 Å². The van der Waals surface area contributed by atoms with Crippen molar-refractivity contribution in [1.82, 2.24) is 9.55 Å². The SMILES string of the molecule is Fc1cc(F)cc(-n2c(=S)[nH]c3cc(Br)c(F)cc32)c1. The molecular weight excluding hydrogens is 353 g/mol. The quantitative estimate of drug-likeness (QED) is 0.615. The summed E-state index contributed by atoms with van der Waals surface area (Å²) in [4.78, 5) is 2.87. The summed E-state index contributed by atoms with van der Waals surface area (Å²) < 4.78 is 42.2. The minimum absolute atomic E-state index is 0.195. The fourth-order valence-electron chi connectivity index (χ4n) is 2.03. The van der Waals surface area contributed by atoms with Crippen LogP contribution in [0, 0.1) is 22.2 Å². The van der Waals surface area contributed by atoms with Gasteiger partial charge < -0.3 is 4.98 Å². The molecule has 0 aliphatic heterocycles. The van der Waals surface area contributed by atoms with Crippen LogP contribution in [0.15, 0.2) is 34.8 Å². The van der Waals surface area contributed by atoms with Gasteiger partial charge in [-0.3, -0.25) is 4.57 Å². The number of rotatable bonds is 1. The van der Waals surface area contributed by atoms with E-state index in [1.165, 1.54) is 16.7 Å². The van der Waals surface area contributed by atoms with Gasteiger partial charge in [0.25, 0.3) is 0 Å². The zero-order valence-corrected chi connectivity index (χ0v) is 12.2. The Bertz CT molecular complexity index is 865. The standard InChI is InChI=1S/C13H6BrF3N2S/c14-9-4-11-12(5-10(9)17)19(13(20)18-11)8-2-6(15)1-7(16)3-8/h1-5H,(H,18,20). The summed E-state index contributed by atoms with van der Waals surface area (Å²) in [6, 6.07) is 5.79. The van der Waals surface area contributed by atoms with Crippen LogP contribution in [-0.4, -0.2) is 9.55 Å². The first-order valence-corrected chi connectivity index (χ1v) is 6.72. The predicted molar refractivity (Wildman–Crippen MR) is 76.0 cm³/mol. The maximum absolute atomic E-state index is 13.7. The van der Waals surface area contributed by atoms with Gasteiger partial charge in [0.1, 0.15) is 17.5 Å².